The summed E-state index contributed by atoms with van der Waals surface area (Å²) in [5.74, 6) is 1.41. The van der Waals surface area contributed by atoms with Gasteiger partial charge in [-0.2, -0.15) is 0 Å². The molecule has 0 N–H and O–H groups in total. The zero-order valence-electron chi connectivity index (χ0n) is 8.58. The number of Topliss-reactive ketones (excluding diaryl/α,β-unsaturated/α-hetero) is 1. The summed E-state index contributed by atoms with van der Waals surface area (Å²) in [4.78, 5) is 12.0. The van der Waals surface area contributed by atoms with Crippen molar-refractivity contribution in [1.29, 1.82) is 0 Å². The summed E-state index contributed by atoms with van der Waals surface area (Å²) in [6.07, 6.45) is 6.97. The van der Waals surface area contributed by atoms with Crippen molar-refractivity contribution in [2.45, 2.75) is 39.0 Å². The van der Waals surface area contributed by atoms with Gasteiger partial charge in [0, 0.05) is 12.3 Å². The van der Waals surface area contributed by atoms with E-state index in [1.807, 2.05) is 13.0 Å². The van der Waals surface area contributed by atoms with Gasteiger partial charge in [0.25, 0.3) is 0 Å². The largest absolute Gasteiger partial charge is 0.469 e. The number of hydrogen-bond acceptors (Lipinski definition) is 2. The predicted octanol–water partition coefficient (Wildman–Crippen LogP) is 3.21. The Bertz CT molecular complexity index is 319. The van der Waals surface area contributed by atoms with Crippen LogP contribution in [-0.2, 0) is 6.42 Å². The molecule has 0 radical (unpaired) electrons. The quantitative estimate of drug-likeness (QED) is 0.688. The molecular formula is C12H16O2. The van der Waals surface area contributed by atoms with E-state index in [0.29, 0.717) is 5.78 Å². The van der Waals surface area contributed by atoms with Crippen LogP contribution in [0.1, 0.15) is 48.7 Å². The first-order chi connectivity index (χ1) is 6.83. The number of furan rings is 1. The van der Waals surface area contributed by atoms with Gasteiger partial charge in [-0.15, -0.1) is 0 Å². The molecule has 0 aromatic carbocycles. The Morgan fingerprint density at radius 3 is 2.86 bits per heavy atom. The van der Waals surface area contributed by atoms with Crippen LogP contribution in [0.5, 0.6) is 0 Å². The summed E-state index contributed by atoms with van der Waals surface area (Å²) >= 11 is 0. The lowest BCUT2D eigenvalue weighted by Gasteiger charge is -2.06. The Morgan fingerprint density at radius 1 is 1.50 bits per heavy atom. The highest BCUT2D eigenvalue weighted by molar-refractivity contribution is 5.98. The molecule has 1 fully saturated rings. The Kier molecular flexibility index (Phi) is 2.71. The van der Waals surface area contributed by atoms with Crippen molar-refractivity contribution in [1.82, 2.24) is 0 Å². The van der Waals surface area contributed by atoms with Gasteiger partial charge in [-0.1, -0.05) is 19.8 Å². The lowest BCUT2D eigenvalue weighted by molar-refractivity contribution is 0.0921. The molecule has 1 aliphatic carbocycles. The van der Waals surface area contributed by atoms with Crippen molar-refractivity contribution in [3.63, 3.8) is 0 Å². The second kappa shape index (κ2) is 3.99. The summed E-state index contributed by atoms with van der Waals surface area (Å²) < 4.78 is 5.27. The number of carbonyl (C=O) groups is 1. The maximum absolute atomic E-state index is 12.0. The van der Waals surface area contributed by atoms with Crippen LogP contribution in [0.15, 0.2) is 16.7 Å². The van der Waals surface area contributed by atoms with E-state index in [4.69, 9.17) is 4.42 Å². The normalized spacial score (nSPS) is 17.5. The van der Waals surface area contributed by atoms with Crippen LogP contribution in [0.3, 0.4) is 0 Å². The first-order valence-electron chi connectivity index (χ1n) is 5.43. The average Bonchev–Trinajstić information content (AvgIpc) is 2.87. The third-order valence-corrected chi connectivity index (χ3v) is 3.06. The third-order valence-electron chi connectivity index (χ3n) is 3.06. The van der Waals surface area contributed by atoms with Gasteiger partial charge in [0.15, 0.2) is 5.78 Å². The number of ketones is 1. The topological polar surface area (TPSA) is 30.2 Å². The van der Waals surface area contributed by atoms with Crippen molar-refractivity contribution in [2.24, 2.45) is 5.92 Å². The summed E-state index contributed by atoms with van der Waals surface area (Å²) in [5.41, 5.74) is 0.819. The SMILES string of the molecule is CCc1occc1C(=O)C1CCCC1. The zero-order chi connectivity index (χ0) is 9.97. The molecule has 14 heavy (non-hydrogen) atoms. The minimum atomic E-state index is 0.262. The van der Waals surface area contributed by atoms with Crippen molar-refractivity contribution in [2.75, 3.05) is 0 Å². The number of hydrogen-bond donors (Lipinski definition) is 0. The van der Waals surface area contributed by atoms with E-state index in [2.05, 4.69) is 0 Å². The molecule has 0 spiro atoms. The summed E-state index contributed by atoms with van der Waals surface area (Å²) in [6.45, 7) is 2.02. The van der Waals surface area contributed by atoms with Gasteiger partial charge in [-0.05, 0) is 18.9 Å². The van der Waals surface area contributed by atoms with E-state index in [1.165, 1.54) is 12.8 Å². The lowest BCUT2D eigenvalue weighted by Crippen LogP contribution is -2.11. The third kappa shape index (κ3) is 1.61. The van der Waals surface area contributed by atoms with Crippen molar-refractivity contribution < 1.29 is 9.21 Å². The molecule has 1 aromatic rings. The van der Waals surface area contributed by atoms with Crippen molar-refractivity contribution in [3.05, 3.63) is 23.7 Å². The molecular weight excluding hydrogens is 176 g/mol. The van der Waals surface area contributed by atoms with Gasteiger partial charge >= 0.3 is 0 Å². The molecule has 1 aromatic heterocycles. The van der Waals surface area contributed by atoms with Crippen molar-refractivity contribution >= 4 is 5.78 Å². The standard InChI is InChI=1S/C12H16O2/c1-2-11-10(7-8-14-11)12(13)9-5-3-4-6-9/h7-9H,2-6H2,1H3. The van der Waals surface area contributed by atoms with Gasteiger partial charge < -0.3 is 4.42 Å². The summed E-state index contributed by atoms with van der Waals surface area (Å²) in [5, 5.41) is 0. The van der Waals surface area contributed by atoms with E-state index in [1.54, 1.807) is 6.26 Å². The van der Waals surface area contributed by atoms with E-state index in [9.17, 15) is 4.79 Å². The first-order valence-corrected chi connectivity index (χ1v) is 5.43. The minimum absolute atomic E-state index is 0.262. The van der Waals surface area contributed by atoms with Crippen LogP contribution in [0.4, 0.5) is 0 Å². The van der Waals surface area contributed by atoms with Gasteiger partial charge in [0.1, 0.15) is 5.76 Å². The first kappa shape index (κ1) is 9.50. The Morgan fingerprint density at radius 2 is 2.21 bits per heavy atom. The highest BCUT2D eigenvalue weighted by Gasteiger charge is 2.26. The highest BCUT2D eigenvalue weighted by Crippen LogP contribution is 2.29. The molecule has 0 aliphatic heterocycles. The highest BCUT2D eigenvalue weighted by atomic mass is 16.3. The summed E-state index contributed by atoms with van der Waals surface area (Å²) in [6, 6.07) is 1.82. The van der Waals surface area contributed by atoms with Gasteiger partial charge in [-0.25, -0.2) is 0 Å². The summed E-state index contributed by atoms with van der Waals surface area (Å²) in [7, 11) is 0. The van der Waals surface area contributed by atoms with Crippen LogP contribution < -0.4 is 0 Å². The van der Waals surface area contributed by atoms with E-state index < -0.39 is 0 Å². The smallest absolute Gasteiger partial charge is 0.169 e. The number of carbonyl (C=O) groups excluding carboxylic acids is 1. The molecule has 0 atom stereocenters. The van der Waals surface area contributed by atoms with Crippen molar-refractivity contribution in [3.8, 4) is 0 Å². The van der Waals surface area contributed by atoms with Crippen LogP contribution in [0.25, 0.3) is 0 Å². The van der Waals surface area contributed by atoms with E-state index >= 15 is 0 Å². The molecule has 1 saturated carbocycles. The van der Waals surface area contributed by atoms with E-state index in [-0.39, 0.29) is 5.92 Å². The predicted molar refractivity (Wildman–Crippen MR) is 54.4 cm³/mol. The molecule has 2 rings (SSSR count). The Labute approximate surface area is 84.3 Å². The fraction of sp³-hybridized carbons (Fsp3) is 0.583. The molecule has 1 heterocycles. The molecule has 0 saturated heterocycles. The second-order valence-electron chi connectivity index (χ2n) is 3.96. The molecule has 2 nitrogen and oxygen atoms in total. The maximum Gasteiger partial charge on any atom is 0.169 e. The van der Waals surface area contributed by atoms with Crippen LogP contribution in [0, 0.1) is 5.92 Å². The fourth-order valence-electron chi connectivity index (χ4n) is 2.24. The van der Waals surface area contributed by atoms with E-state index in [0.717, 1.165) is 30.6 Å². The van der Waals surface area contributed by atoms with Crippen LogP contribution in [0.2, 0.25) is 0 Å². The molecule has 1 aliphatic rings. The zero-order valence-corrected chi connectivity index (χ0v) is 8.58. The second-order valence-corrected chi connectivity index (χ2v) is 3.96. The molecule has 76 valence electrons. The maximum atomic E-state index is 12.0. The molecule has 0 bridgehead atoms. The Hall–Kier alpha value is -1.05. The number of aryl methyl sites for hydroxylation is 1. The van der Waals surface area contributed by atoms with Gasteiger partial charge in [-0.3, -0.25) is 4.79 Å². The lowest BCUT2D eigenvalue weighted by atomic mass is 9.96. The number of rotatable bonds is 3. The van der Waals surface area contributed by atoms with Crippen LogP contribution >= 0.6 is 0 Å². The molecule has 0 amide bonds. The monoisotopic (exact) mass is 192 g/mol. The minimum Gasteiger partial charge on any atom is -0.469 e. The average molecular weight is 192 g/mol. The van der Waals surface area contributed by atoms with Gasteiger partial charge in [0.05, 0.1) is 11.8 Å². The Balaban J connectivity index is 2.17. The molecule has 0 unspecified atom stereocenters. The molecule has 2 heteroatoms. The fourth-order valence-corrected chi connectivity index (χ4v) is 2.24. The van der Waals surface area contributed by atoms with Gasteiger partial charge in [0.2, 0.25) is 0 Å². The van der Waals surface area contributed by atoms with Crippen LogP contribution in [-0.4, -0.2) is 5.78 Å².